The molecule has 2 amide bonds. The molecule has 10 heteroatoms. The fourth-order valence-electron chi connectivity index (χ4n) is 7.96. The second-order valence-electron chi connectivity index (χ2n) is 15.0. The first-order valence-corrected chi connectivity index (χ1v) is 18.0. The molecule has 1 saturated carbocycles. The molecule has 2 N–H and O–H groups in total. The van der Waals surface area contributed by atoms with Crippen molar-refractivity contribution in [2.24, 2.45) is 5.92 Å². The van der Waals surface area contributed by atoms with Gasteiger partial charge in [-0.25, -0.2) is 19.6 Å². The standard InChI is InChI=1S/C41H44N6O4/c1-41(2,3)51-40(49)47-32-20-19-31(22-32)36(47)38-43-24-34(45-38)30-17-13-28(14-18-30)27-11-15-29(16-12-27)33-23-42-37(44-33)35-10-7-21-46(35)39(48)50-25-26-8-5-4-6-9-26/h4-6,8-9,11-18,23-24,31-32,35-36H,7,10,19-22,25H2,1-3H3,(H,42,44)(H,43,45)/t31-,32+,35+,36+/m1/s1. The van der Waals surface area contributed by atoms with E-state index in [1.807, 2.05) is 68.4 Å². The molecule has 2 aliphatic heterocycles. The molecule has 2 bridgehead atoms. The van der Waals surface area contributed by atoms with Gasteiger partial charge in [-0.05, 0) is 86.6 Å². The summed E-state index contributed by atoms with van der Waals surface area (Å²) in [4.78, 5) is 46.3. The smallest absolute Gasteiger partial charge is 0.411 e. The normalized spacial score (nSPS) is 21.3. The molecule has 3 fully saturated rings. The predicted molar refractivity (Wildman–Crippen MR) is 194 cm³/mol. The molecule has 1 aliphatic carbocycles. The summed E-state index contributed by atoms with van der Waals surface area (Å²) in [6, 6.07) is 26.6. The van der Waals surface area contributed by atoms with Crippen molar-refractivity contribution in [1.82, 2.24) is 29.7 Å². The topological polar surface area (TPSA) is 116 Å². The summed E-state index contributed by atoms with van der Waals surface area (Å²) in [7, 11) is 0. The number of fused-ring (bicyclic) bond motifs is 2. The Morgan fingerprint density at radius 2 is 1.37 bits per heavy atom. The Kier molecular flexibility index (Phi) is 8.61. The highest BCUT2D eigenvalue weighted by molar-refractivity contribution is 5.73. The summed E-state index contributed by atoms with van der Waals surface area (Å²) < 4.78 is 11.4. The number of hydrogen-bond acceptors (Lipinski definition) is 6. The molecule has 51 heavy (non-hydrogen) atoms. The van der Waals surface area contributed by atoms with E-state index in [1.165, 1.54) is 0 Å². The van der Waals surface area contributed by atoms with Crippen molar-refractivity contribution in [3.63, 3.8) is 0 Å². The minimum absolute atomic E-state index is 0.0883. The van der Waals surface area contributed by atoms with Crippen LogP contribution in [-0.4, -0.2) is 60.1 Å². The Morgan fingerprint density at radius 3 is 2.02 bits per heavy atom. The second kappa shape index (κ2) is 13.4. The SMILES string of the molecule is CC(C)(C)OC(=O)N1[C@H]2CC[C@H](C2)[C@H]1c1ncc(-c2ccc(-c3ccc(-c4cnc([C@@H]5CCCN5C(=O)OCc5ccccc5)[nH]4)cc3)cc2)[nH]1. The van der Waals surface area contributed by atoms with E-state index in [0.29, 0.717) is 12.5 Å². The lowest BCUT2D eigenvalue weighted by atomic mass is 9.98. The molecule has 4 heterocycles. The van der Waals surface area contributed by atoms with E-state index in [1.54, 1.807) is 4.90 Å². The number of ether oxygens (including phenoxy) is 2. The van der Waals surface area contributed by atoms with Crippen molar-refractivity contribution in [3.05, 3.63) is 108 Å². The van der Waals surface area contributed by atoms with Gasteiger partial charge < -0.3 is 19.4 Å². The number of nitrogens with one attached hydrogen (secondary N) is 2. The Bertz CT molecular complexity index is 2000. The minimum atomic E-state index is -0.540. The van der Waals surface area contributed by atoms with Crippen LogP contribution in [0.2, 0.25) is 0 Å². The number of rotatable bonds is 7. The number of aromatic amines is 2. The van der Waals surface area contributed by atoms with E-state index in [4.69, 9.17) is 14.5 Å². The molecule has 3 aromatic carbocycles. The van der Waals surface area contributed by atoms with Gasteiger partial charge in [0.2, 0.25) is 0 Å². The highest BCUT2D eigenvalue weighted by Gasteiger charge is 2.51. The Balaban J connectivity index is 0.916. The van der Waals surface area contributed by atoms with Crippen LogP contribution >= 0.6 is 0 Å². The molecule has 0 unspecified atom stereocenters. The van der Waals surface area contributed by atoms with E-state index in [9.17, 15) is 9.59 Å². The number of aromatic nitrogens is 4. The van der Waals surface area contributed by atoms with Crippen molar-refractivity contribution < 1.29 is 19.1 Å². The fraction of sp³-hybridized carbons (Fsp3) is 0.366. The number of hydrogen-bond donors (Lipinski definition) is 2. The molecule has 10 nitrogen and oxygen atoms in total. The summed E-state index contributed by atoms with van der Waals surface area (Å²) in [6.07, 6.45) is 8.02. The van der Waals surface area contributed by atoms with E-state index in [-0.39, 0.29) is 36.9 Å². The fourth-order valence-corrected chi connectivity index (χ4v) is 7.96. The zero-order valence-electron chi connectivity index (χ0n) is 29.3. The van der Waals surface area contributed by atoms with E-state index in [2.05, 4.69) is 63.5 Å². The van der Waals surface area contributed by atoms with Crippen molar-refractivity contribution in [3.8, 4) is 33.6 Å². The minimum Gasteiger partial charge on any atom is -0.445 e. The second-order valence-corrected chi connectivity index (χ2v) is 15.0. The number of carbonyl (C=O) groups is 2. The Morgan fingerprint density at radius 1 is 0.765 bits per heavy atom. The monoisotopic (exact) mass is 684 g/mol. The summed E-state index contributed by atoms with van der Waals surface area (Å²) in [6.45, 7) is 6.63. The molecule has 262 valence electrons. The highest BCUT2D eigenvalue weighted by Crippen LogP contribution is 2.50. The number of amides is 2. The third-order valence-corrected chi connectivity index (χ3v) is 10.4. The Hall–Kier alpha value is -5.38. The van der Waals surface area contributed by atoms with Crippen LogP contribution in [0, 0.1) is 5.92 Å². The third-order valence-electron chi connectivity index (χ3n) is 10.4. The van der Waals surface area contributed by atoms with Gasteiger partial charge in [0.1, 0.15) is 23.9 Å². The first-order valence-electron chi connectivity index (χ1n) is 18.0. The average molecular weight is 685 g/mol. The van der Waals surface area contributed by atoms with Gasteiger partial charge in [0.15, 0.2) is 0 Å². The molecule has 8 rings (SSSR count). The summed E-state index contributed by atoms with van der Waals surface area (Å²) >= 11 is 0. The van der Waals surface area contributed by atoms with Crippen LogP contribution in [0.5, 0.6) is 0 Å². The lowest BCUT2D eigenvalue weighted by Gasteiger charge is -2.35. The molecule has 0 radical (unpaired) electrons. The van der Waals surface area contributed by atoms with Crippen LogP contribution < -0.4 is 0 Å². The first-order chi connectivity index (χ1) is 24.7. The lowest BCUT2D eigenvalue weighted by molar-refractivity contribution is 0.00619. The molecular formula is C41H44N6O4. The summed E-state index contributed by atoms with van der Waals surface area (Å²) in [5, 5.41) is 0. The van der Waals surface area contributed by atoms with Gasteiger partial charge in [0.05, 0.1) is 35.9 Å². The van der Waals surface area contributed by atoms with Crippen LogP contribution in [0.1, 0.15) is 82.2 Å². The number of imidazole rings is 2. The zero-order chi connectivity index (χ0) is 35.1. The molecule has 2 aromatic heterocycles. The number of piperidine rings is 1. The molecular weight excluding hydrogens is 640 g/mol. The average Bonchev–Trinajstić information content (AvgIpc) is 3.98. The largest absolute Gasteiger partial charge is 0.445 e. The van der Waals surface area contributed by atoms with Crippen molar-refractivity contribution >= 4 is 12.2 Å². The van der Waals surface area contributed by atoms with Gasteiger partial charge in [-0.2, -0.15) is 0 Å². The van der Waals surface area contributed by atoms with Gasteiger partial charge in [-0.15, -0.1) is 0 Å². The quantitative estimate of drug-likeness (QED) is 0.177. The van der Waals surface area contributed by atoms with Crippen LogP contribution in [0.15, 0.2) is 91.3 Å². The maximum atomic E-state index is 13.2. The third kappa shape index (κ3) is 6.74. The predicted octanol–water partition coefficient (Wildman–Crippen LogP) is 9.07. The van der Waals surface area contributed by atoms with E-state index < -0.39 is 5.60 Å². The maximum Gasteiger partial charge on any atom is 0.411 e. The molecule has 0 spiro atoms. The number of nitrogens with zero attached hydrogens (tertiary/aromatic N) is 4. The number of H-pyrrole nitrogens is 2. The number of benzene rings is 3. The van der Waals surface area contributed by atoms with Crippen LogP contribution in [-0.2, 0) is 16.1 Å². The van der Waals surface area contributed by atoms with E-state index >= 15 is 0 Å². The van der Waals surface area contributed by atoms with Crippen LogP contribution in [0.3, 0.4) is 0 Å². The number of likely N-dealkylation sites (tertiary alicyclic amines) is 2. The van der Waals surface area contributed by atoms with Crippen LogP contribution in [0.25, 0.3) is 33.6 Å². The number of carbonyl (C=O) groups excluding carboxylic acids is 2. The summed E-state index contributed by atoms with van der Waals surface area (Å²) in [5.74, 6) is 2.00. The van der Waals surface area contributed by atoms with Gasteiger partial charge in [0.25, 0.3) is 0 Å². The molecule has 5 aromatic rings. The highest BCUT2D eigenvalue weighted by atomic mass is 16.6. The molecule has 3 aliphatic rings. The van der Waals surface area contributed by atoms with Crippen molar-refractivity contribution in [2.75, 3.05) is 6.54 Å². The van der Waals surface area contributed by atoms with Gasteiger partial charge in [-0.3, -0.25) is 9.80 Å². The van der Waals surface area contributed by atoms with Crippen molar-refractivity contribution in [1.29, 1.82) is 0 Å². The molecule has 2 saturated heterocycles. The first kappa shape index (κ1) is 32.8. The van der Waals surface area contributed by atoms with E-state index in [0.717, 1.165) is 83.0 Å². The summed E-state index contributed by atoms with van der Waals surface area (Å²) in [5.41, 5.74) is 6.54. The molecule has 4 atom stereocenters. The van der Waals surface area contributed by atoms with Crippen LogP contribution in [0.4, 0.5) is 9.59 Å². The van der Waals surface area contributed by atoms with Gasteiger partial charge in [0, 0.05) is 12.6 Å². The maximum absolute atomic E-state index is 13.2. The lowest BCUT2D eigenvalue weighted by Crippen LogP contribution is -2.43. The Labute approximate surface area is 298 Å². The van der Waals surface area contributed by atoms with Gasteiger partial charge >= 0.3 is 12.2 Å². The van der Waals surface area contributed by atoms with Gasteiger partial charge in [-0.1, -0.05) is 78.9 Å². The zero-order valence-corrected chi connectivity index (χ0v) is 29.3. The van der Waals surface area contributed by atoms with Crippen molar-refractivity contribution in [2.45, 2.75) is 83.2 Å².